The summed E-state index contributed by atoms with van der Waals surface area (Å²) < 4.78 is 0. The summed E-state index contributed by atoms with van der Waals surface area (Å²) in [5.74, 6) is 0.583. The zero-order chi connectivity index (χ0) is 12.3. The zero-order valence-corrected chi connectivity index (χ0v) is 9.93. The highest BCUT2D eigenvalue weighted by Crippen LogP contribution is 2.31. The van der Waals surface area contributed by atoms with E-state index in [1.807, 2.05) is 19.2 Å². The second-order valence-electron chi connectivity index (χ2n) is 4.40. The second-order valence-corrected chi connectivity index (χ2v) is 4.40. The monoisotopic (exact) mass is 235 g/mol. The Morgan fingerprint density at radius 1 is 1.53 bits per heavy atom. The van der Waals surface area contributed by atoms with E-state index in [1.54, 1.807) is 12.1 Å². The highest BCUT2D eigenvalue weighted by molar-refractivity contribution is 5.63. The van der Waals surface area contributed by atoms with Gasteiger partial charge >= 0.3 is 0 Å². The second kappa shape index (κ2) is 5.14. The van der Waals surface area contributed by atoms with Gasteiger partial charge < -0.3 is 10.2 Å². The van der Waals surface area contributed by atoms with Crippen LogP contribution in [0, 0.1) is 16.0 Å². The molecule has 0 amide bonds. The number of nitro benzene ring substituents is 1. The molecule has 1 heterocycles. The summed E-state index contributed by atoms with van der Waals surface area (Å²) in [6.07, 6.45) is 1.09. The molecule has 92 valence electrons. The number of nitro groups is 1. The lowest BCUT2D eigenvalue weighted by Crippen LogP contribution is -2.24. The average molecular weight is 235 g/mol. The maximum atomic E-state index is 11.0. The SMILES string of the molecule is CNCC1CCN(c2ccccc2[N+](=O)[O-])C1. The number of para-hydroxylation sites is 2. The molecule has 1 aliphatic heterocycles. The summed E-state index contributed by atoms with van der Waals surface area (Å²) in [5, 5.41) is 14.1. The van der Waals surface area contributed by atoms with Crippen molar-refractivity contribution < 1.29 is 4.92 Å². The van der Waals surface area contributed by atoms with Gasteiger partial charge in [0.15, 0.2) is 0 Å². The molecule has 0 aromatic heterocycles. The molecule has 0 spiro atoms. The summed E-state index contributed by atoms with van der Waals surface area (Å²) in [7, 11) is 1.94. The quantitative estimate of drug-likeness (QED) is 0.636. The lowest BCUT2D eigenvalue weighted by atomic mass is 10.1. The van der Waals surface area contributed by atoms with Crippen LogP contribution in [0.5, 0.6) is 0 Å². The van der Waals surface area contributed by atoms with E-state index >= 15 is 0 Å². The van der Waals surface area contributed by atoms with Crippen LogP contribution in [0.25, 0.3) is 0 Å². The number of rotatable bonds is 4. The van der Waals surface area contributed by atoms with Gasteiger partial charge in [0.05, 0.1) is 4.92 Å². The predicted octanol–water partition coefficient (Wildman–Crippen LogP) is 1.64. The van der Waals surface area contributed by atoms with Crippen LogP contribution in [0.2, 0.25) is 0 Å². The Hall–Kier alpha value is -1.62. The van der Waals surface area contributed by atoms with Crippen molar-refractivity contribution in [1.29, 1.82) is 0 Å². The molecule has 5 heteroatoms. The first kappa shape index (κ1) is 11.9. The van der Waals surface area contributed by atoms with Crippen LogP contribution in [-0.2, 0) is 0 Å². The van der Waals surface area contributed by atoms with Crippen LogP contribution >= 0.6 is 0 Å². The third-order valence-corrected chi connectivity index (χ3v) is 3.20. The fourth-order valence-electron chi connectivity index (χ4n) is 2.39. The summed E-state index contributed by atoms with van der Waals surface area (Å²) in [6, 6.07) is 6.97. The van der Waals surface area contributed by atoms with Gasteiger partial charge in [0, 0.05) is 19.2 Å². The van der Waals surface area contributed by atoms with Gasteiger partial charge in [-0.05, 0) is 32.0 Å². The van der Waals surface area contributed by atoms with Crippen molar-refractivity contribution in [2.75, 3.05) is 31.6 Å². The number of nitrogens with one attached hydrogen (secondary N) is 1. The Kier molecular flexibility index (Phi) is 3.58. The molecule has 0 aliphatic carbocycles. The first-order valence-electron chi connectivity index (χ1n) is 5.85. The van der Waals surface area contributed by atoms with Crippen molar-refractivity contribution in [3.63, 3.8) is 0 Å². The maximum absolute atomic E-state index is 11.0. The van der Waals surface area contributed by atoms with E-state index in [9.17, 15) is 10.1 Å². The molecule has 0 bridgehead atoms. The molecule has 0 radical (unpaired) electrons. The Morgan fingerprint density at radius 3 is 3.00 bits per heavy atom. The normalized spacial score (nSPS) is 19.6. The molecule has 1 aromatic carbocycles. The topological polar surface area (TPSA) is 58.4 Å². The highest BCUT2D eigenvalue weighted by atomic mass is 16.6. The Bertz CT molecular complexity index is 408. The van der Waals surface area contributed by atoms with E-state index in [-0.39, 0.29) is 10.6 Å². The molecule has 2 rings (SSSR count). The van der Waals surface area contributed by atoms with Crippen molar-refractivity contribution in [3.05, 3.63) is 34.4 Å². The minimum absolute atomic E-state index is 0.206. The zero-order valence-electron chi connectivity index (χ0n) is 9.93. The van der Waals surface area contributed by atoms with Gasteiger partial charge in [-0.2, -0.15) is 0 Å². The number of hydrogen-bond donors (Lipinski definition) is 1. The summed E-state index contributed by atoms with van der Waals surface area (Å²) in [5.41, 5.74) is 0.953. The summed E-state index contributed by atoms with van der Waals surface area (Å²) in [4.78, 5) is 12.8. The van der Waals surface area contributed by atoms with E-state index < -0.39 is 0 Å². The van der Waals surface area contributed by atoms with E-state index in [1.165, 1.54) is 0 Å². The first-order valence-corrected chi connectivity index (χ1v) is 5.85. The number of anilines is 1. The molecule has 5 nitrogen and oxygen atoms in total. The van der Waals surface area contributed by atoms with Crippen LogP contribution in [0.15, 0.2) is 24.3 Å². The number of benzene rings is 1. The van der Waals surface area contributed by atoms with Crippen molar-refractivity contribution in [2.24, 2.45) is 5.92 Å². The van der Waals surface area contributed by atoms with Gasteiger partial charge in [-0.1, -0.05) is 12.1 Å². The van der Waals surface area contributed by atoms with Gasteiger partial charge in [-0.25, -0.2) is 0 Å². The molecular weight excluding hydrogens is 218 g/mol. The van der Waals surface area contributed by atoms with Crippen molar-refractivity contribution in [3.8, 4) is 0 Å². The van der Waals surface area contributed by atoms with E-state index in [4.69, 9.17) is 0 Å². The number of hydrogen-bond acceptors (Lipinski definition) is 4. The number of nitrogens with zero attached hydrogens (tertiary/aromatic N) is 2. The summed E-state index contributed by atoms with van der Waals surface area (Å²) in [6.45, 7) is 2.76. The molecule has 17 heavy (non-hydrogen) atoms. The first-order chi connectivity index (χ1) is 8.22. The molecule has 1 aliphatic rings. The van der Waals surface area contributed by atoms with Gasteiger partial charge in [0.2, 0.25) is 0 Å². The molecule has 1 atom stereocenters. The molecule has 1 aromatic rings. The maximum Gasteiger partial charge on any atom is 0.292 e. The van der Waals surface area contributed by atoms with E-state index in [0.717, 1.165) is 31.7 Å². The lowest BCUT2D eigenvalue weighted by molar-refractivity contribution is -0.384. The smallest absolute Gasteiger partial charge is 0.292 e. The Balaban J connectivity index is 2.16. The predicted molar refractivity (Wildman–Crippen MR) is 67.3 cm³/mol. The van der Waals surface area contributed by atoms with Gasteiger partial charge in [-0.3, -0.25) is 10.1 Å². The molecule has 1 fully saturated rings. The van der Waals surface area contributed by atoms with Gasteiger partial charge in [0.25, 0.3) is 5.69 Å². The van der Waals surface area contributed by atoms with Crippen LogP contribution in [-0.4, -0.2) is 31.6 Å². The van der Waals surface area contributed by atoms with E-state index in [2.05, 4.69) is 10.2 Å². The Morgan fingerprint density at radius 2 is 2.29 bits per heavy atom. The standard InChI is InChI=1S/C12H17N3O2/c1-13-8-10-6-7-14(9-10)11-4-2-3-5-12(11)15(16)17/h2-5,10,13H,6-9H2,1H3. The fraction of sp³-hybridized carbons (Fsp3) is 0.500. The van der Waals surface area contributed by atoms with Crippen LogP contribution in [0.1, 0.15) is 6.42 Å². The van der Waals surface area contributed by atoms with Crippen LogP contribution < -0.4 is 10.2 Å². The third-order valence-electron chi connectivity index (χ3n) is 3.20. The molecular formula is C12H17N3O2. The minimum Gasteiger partial charge on any atom is -0.366 e. The van der Waals surface area contributed by atoms with Crippen LogP contribution in [0.4, 0.5) is 11.4 Å². The molecule has 1 N–H and O–H groups in total. The van der Waals surface area contributed by atoms with Crippen molar-refractivity contribution in [2.45, 2.75) is 6.42 Å². The highest BCUT2D eigenvalue weighted by Gasteiger charge is 2.26. The van der Waals surface area contributed by atoms with E-state index in [0.29, 0.717) is 5.92 Å². The molecule has 1 saturated heterocycles. The summed E-state index contributed by atoms with van der Waals surface area (Å²) >= 11 is 0. The van der Waals surface area contributed by atoms with Gasteiger partial charge in [-0.15, -0.1) is 0 Å². The molecule has 1 unspecified atom stereocenters. The third kappa shape index (κ3) is 2.55. The fourth-order valence-corrected chi connectivity index (χ4v) is 2.39. The van der Waals surface area contributed by atoms with Crippen molar-refractivity contribution >= 4 is 11.4 Å². The molecule has 0 saturated carbocycles. The average Bonchev–Trinajstić information content (AvgIpc) is 2.78. The minimum atomic E-state index is -0.305. The van der Waals surface area contributed by atoms with Crippen LogP contribution in [0.3, 0.4) is 0 Å². The largest absolute Gasteiger partial charge is 0.366 e. The van der Waals surface area contributed by atoms with Crippen molar-refractivity contribution in [1.82, 2.24) is 5.32 Å². The van der Waals surface area contributed by atoms with Gasteiger partial charge in [0.1, 0.15) is 5.69 Å². The Labute approximate surface area is 101 Å². The lowest BCUT2D eigenvalue weighted by Gasteiger charge is -2.18.